The fourth-order valence-corrected chi connectivity index (χ4v) is 7.65. The van der Waals surface area contributed by atoms with E-state index < -0.39 is 0 Å². The second kappa shape index (κ2) is 11.9. The van der Waals surface area contributed by atoms with Gasteiger partial charge in [0.15, 0.2) is 0 Å². The number of hydrogen-bond acceptors (Lipinski definition) is 2. The van der Waals surface area contributed by atoms with Crippen LogP contribution in [0, 0.1) is 17.3 Å². The standard InChI is InChI=1S/C30H48N2O/c1-3-5-13-17-29(33)32-24-30-18-14-11-9-7-8-10-12-15-19-31(23-30)22-26-20-25(16-6-4-2)28(32)21-27(26)30/h3-4,16,26-28H,1-2,5-15,17-24H2/b25-16-/t26-,27-,28+,30?/m1/s1. The van der Waals surface area contributed by atoms with Crippen LogP contribution in [0.15, 0.2) is 37.0 Å². The normalized spacial score (nSPS) is 36.2. The van der Waals surface area contributed by atoms with Gasteiger partial charge in [0.2, 0.25) is 5.91 Å². The first-order chi connectivity index (χ1) is 16.2. The van der Waals surface area contributed by atoms with Crippen LogP contribution in [0.1, 0.15) is 96.3 Å². The van der Waals surface area contributed by atoms with Crippen molar-refractivity contribution in [2.24, 2.45) is 17.3 Å². The molecule has 0 N–H and O–H groups in total. The summed E-state index contributed by atoms with van der Waals surface area (Å²) in [5.74, 6) is 1.95. The number of unbranched alkanes of at least 4 members (excludes halogenated alkanes) is 1. The first-order valence-electron chi connectivity index (χ1n) is 14.1. The summed E-state index contributed by atoms with van der Waals surface area (Å²) in [6.45, 7) is 12.6. The summed E-state index contributed by atoms with van der Waals surface area (Å²) in [4.78, 5) is 18.7. The highest BCUT2D eigenvalue weighted by Gasteiger charge is 2.56. The molecular weight excluding hydrogens is 404 g/mol. The zero-order valence-corrected chi connectivity index (χ0v) is 21.1. The van der Waals surface area contributed by atoms with E-state index in [1.807, 2.05) is 12.2 Å². The minimum Gasteiger partial charge on any atom is -0.335 e. The van der Waals surface area contributed by atoms with Crippen LogP contribution in [-0.2, 0) is 4.79 Å². The summed E-state index contributed by atoms with van der Waals surface area (Å²) >= 11 is 0. The molecule has 0 aromatic carbocycles. The quantitative estimate of drug-likeness (QED) is 0.323. The zero-order valence-electron chi connectivity index (χ0n) is 21.1. The van der Waals surface area contributed by atoms with Crippen LogP contribution in [0.3, 0.4) is 0 Å². The molecule has 184 valence electrons. The largest absolute Gasteiger partial charge is 0.335 e. The van der Waals surface area contributed by atoms with Crippen LogP contribution in [-0.4, -0.2) is 47.9 Å². The Balaban J connectivity index is 1.62. The molecule has 0 aromatic heterocycles. The molecule has 1 aliphatic carbocycles. The lowest BCUT2D eigenvalue weighted by Crippen LogP contribution is -2.66. The van der Waals surface area contributed by atoms with E-state index in [0.29, 0.717) is 23.8 Å². The lowest BCUT2D eigenvalue weighted by atomic mass is 9.54. The first kappa shape index (κ1) is 24.8. The van der Waals surface area contributed by atoms with E-state index in [9.17, 15) is 4.79 Å². The van der Waals surface area contributed by atoms with E-state index in [0.717, 1.165) is 37.6 Å². The Kier molecular flexibility index (Phi) is 8.91. The molecule has 0 radical (unpaired) electrons. The molecule has 1 saturated carbocycles. The molecule has 3 nitrogen and oxygen atoms in total. The molecule has 0 aromatic rings. The number of likely N-dealkylation sites (tertiary alicyclic amines) is 1. The van der Waals surface area contributed by atoms with Gasteiger partial charge in [-0.2, -0.15) is 0 Å². The Morgan fingerprint density at radius 1 is 1.00 bits per heavy atom. The Hall–Kier alpha value is -1.35. The summed E-state index contributed by atoms with van der Waals surface area (Å²) in [6.07, 6.45) is 24.7. The Morgan fingerprint density at radius 2 is 1.76 bits per heavy atom. The third-order valence-corrected chi connectivity index (χ3v) is 9.22. The third kappa shape index (κ3) is 5.84. The fraction of sp³-hybridized carbons (Fsp3) is 0.767. The van der Waals surface area contributed by atoms with Gasteiger partial charge in [0.1, 0.15) is 0 Å². The van der Waals surface area contributed by atoms with E-state index in [2.05, 4.69) is 29.0 Å². The molecule has 1 spiro atoms. The highest BCUT2D eigenvalue weighted by molar-refractivity contribution is 5.77. The lowest BCUT2D eigenvalue weighted by molar-refractivity contribution is -0.152. The fourth-order valence-electron chi connectivity index (χ4n) is 7.65. The average Bonchev–Trinajstić information content (AvgIpc) is 2.83. The molecule has 5 atom stereocenters. The predicted molar refractivity (Wildman–Crippen MR) is 139 cm³/mol. The minimum absolute atomic E-state index is 0.311. The van der Waals surface area contributed by atoms with Crippen molar-refractivity contribution in [3.63, 3.8) is 0 Å². The average molecular weight is 453 g/mol. The maximum absolute atomic E-state index is 13.6. The number of piperidine rings is 2. The summed E-state index contributed by atoms with van der Waals surface area (Å²) in [5, 5.41) is 0. The SMILES string of the molecule is C=CC/C=C1/C[C@@H]2CN3CCCCCCCCCCC4(C3)CN(C(=O)CCCC=C)[C@H]1C[C@H]24. The van der Waals surface area contributed by atoms with Crippen molar-refractivity contribution in [2.45, 2.75) is 102 Å². The molecule has 4 aliphatic rings. The lowest BCUT2D eigenvalue weighted by Gasteiger charge is -2.62. The number of carbonyl (C=O) groups excluding carboxylic acids is 1. The molecule has 1 amide bonds. The third-order valence-electron chi connectivity index (χ3n) is 9.22. The van der Waals surface area contributed by atoms with Gasteiger partial charge in [-0.1, -0.05) is 68.7 Å². The van der Waals surface area contributed by atoms with E-state index in [1.54, 1.807) is 0 Å². The van der Waals surface area contributed by atoms with Crippen molar-refractivity contribution < 1.29 is 4.79 Å². The number of carbonyl (C=O) groups is 1. The van der Waals surface area contributed by atoms with Gasteiger partial charge in [0.25, 0.3) is 0 Å². The minimum atomic E-state index is 0.311. The highest BCUT2D eigenvalue weighted by atomic mass is 16.2. The van der Waals surface area contributed by atoms with Gasteiger partial charge in [-0.3, -0.25) is 4.79 Å². The van der Waals surface area contributed by atoms with Crippen LogP contribution in [0.25, 0.3) is 0 Å². The van der Waals surface area contributed by atoms with Crippen LogP contribution in [0.5, 0.6) is 0 Å². The van der Waals surface area contributed by atoms with Gasteiger partial charge >= 0.3 is 0 Å². The molecule has 3 saturated heterocycles. The van der Waals surface area contributed by atoms with Crippen molar-refractivity contribution >= 4 is 5.91 Å². The van der Waals surface area contributed by atoms with Crippen molar-refractivity contribution in [1.29, 1.82) is 0 Å². The maximum atomic E-state index is 13.6. The molecule has 3 aliphatic heterocycles. The number of nitrogens with zero attached hydrogens (tertiary/aromatic N) is 2. The number of hydrogen-bond donors (Lipinski definition) is 0. The van der Waals surface area contributed by atoms with Gasteiger partial charge in [-0.15, -0.1) is 13.2 Å². The van der Waals surface area contributed by atoms with Crippen LogP contribution >= 0.6 is 0 Å². The topological polar surface area (TPSA) is 23.6 Å². The molecule has 33 heavy (non-hydrogen) atoms. The van der Waals surface area contributed by atoms with Gasteiger partial charge in [-0.25, -0.2) is 0 Å². The zero-order chi connectivity index (χ0) is 23.1. The smallest absolute Gasteiger partial charge is 0.223 e. The predicted octanol–water partition coefficient (Wildman–Crippen LogP) is 6.91. The second-order valence-electron chi connectivity index (χ2n) is 11.5. The molecule has 4 rings (SSSR count). The molecule has 4 bridgehead atoms. The second-order valence-corrected chi connectivity index (χ2v) is 11.5. The van der Waals surface area contributed by atoms with Gasteiger partial charge in [0.05, 0.1) is 6.04 Å². The number of rotatable bonds is 6. The molecule has 3 heteroatoms. The first-order valence-corrected chi connectivity index (χ1v) is 14.1. The van der Waals surface area contributed by atoms with E-state index >= 15 is 0 Å². The van der Waals surface area contributed by atoms with E-state index in [1.165, 1.54) is 95.8 Å². The molecule has 4 fully saturated rings. The van der Waals surface area contributed by atoms with Crippen molar-refractivity contribution in [1.82, 2.24) is 9.80 Å². The summed E-state index contributed by atoms with van der Waals surface area (Å²) in [7, 11) is 0. The number of amides is 1. The van der Waals surface area contributed by atoms with Crippen LogP contribution in [0.2, 0.25) is 0 Å². The van der Waals surface area contributed by atoms with Crippen LogP contribution in [0.4, 0.5) is 0 Å². The number of fused-ring (bicyclic) bond motifs is 2. The summed E-state index contributed by atoms with van der Waals surface area (Å²) in [6, 6.07) is 0.337. The Morgan fingerprint density at radius 3 is 2.52 bits per heavy atom. The highest BCUT2D eigenvalue weighted by Crippen LogP contribution is 2.55. The number of allylic oxidation sites excluding steroid dienone is 3. The molecule has 3 heterocycles. The molecular formula is C30H48N2O. The van der Waals surface area contributed by atoms with Crippen molar-refractivity contribution in [2.75, 3.05) is 26.2 Å². The summed E-state index contributed by atoms with van der Waals surface area (Å²) in [5.41, 5.74) is 1.84. The summed E-state index contributed by atoms with van der Waals surface area (Å²) < 4.78 is 0. The van der Waals surface area contributed by atoms with Gasteiger partial charge in [0, 0.05) is 31.5 Å². The van der Waals surface area contributed by atoms with Gasteiger partial charge in [-0.05, 0) is 63.3 Å². The van der Waals surface area contributed by atoms with Crippen LogP contribution < -0.4 is 0 Å². The molecule has 2 unspecified atom stereocenters. The Bertz CT molecular complexity index is 712. The van der Waals surface area contributed by atoms with Crippen molar-refractivity contribution in [3.8, 4) is 0 Å². The monoisotopic (exact) mass is 452 g/mol. The Labute approximate surface area is 203 Å². The van der Waals surface area contributed by atoms with Gasteiger partial charge < -0.3 is 9.80 Å². The van der Waals surface area contributed by atoms with E-state index in [4.69, 9.17) is 0 Å². The maximum Gasteiger partial charge on any atom is 0.223 e. The van der Waals surface area contributed by atoms with E-state index in [-0.39, 0.29) is 0 Å². The van der Waals surface area contributed by atoms with Crippen molar-refractivity contribution in [3.05, 3.63) is 37.0 Å².